The van der Waals surface area contributed by atoms with Gasteiger partial charge in [0.15, 0.2) is 17.0 Å². The maximum atomic E-state index is 12.4. The van der Waals surface area contributed by atoms with E-state index in [-0.39, 0.29) is 31.4 Å². The zero-order chi connectivity index (χ0) is 21.9. The first-order valence-electron chi connectivity index (χ1n) is 7.54. The van der Waals surface area contributed by atoms with E-state index in [9.17, 15) is 23.2 Å². The Bertz CT molecular complexity index is 1160. The molecule has 0 aliphatic carbocycles. The molecule has 0 atom stereocenters. The summed E-state index contributed by atoms with van der Waals surface area (Å²) in [6.45, 7) is 0. The van der Waals surface area contributed by atoms with Crippen LogP contribution in [0.4, 0.5) is 13.2 Å². The van der Waals surface area contributed by atoms with Crippen molar-refractivity contribution in [2.75, 3.05) is 0 Å². The third-order valence-corrected chi connectivity index (χ3v) is 5.56. The number of nitrogens with zero attached hydrogens (tertiary/aromatic N) is 5. The van der Waals surface area contributed by atoms with Gasteiger partial charge in [-0.2, -0.15) is 15.8 Å². The minimum Gasteiger partial charge on any atom is -0.422 e. The third kappa shape index (κ3) is 4.63. The average Bonchev–Trinajstić information content (AvgIpc) is 3.08. The normalized spacial score (nSPS) is 12.2. The third-order valence-electron chi connectivity index (χ3n) is 3.19. The lowest BCUT2D eigenvalue weighted by molar-refractivity contribution is -0.274. The van der Waals surface area contributed by atoms with Crippen molar-refractivity contribution >= 4 is 29.5 Å². The highest BCUT2D eigenvalue weighted by molar-refractivity contribution is 8.24. The van der Waals surface area contributed by atoms with Gasteiger partial charge in [-0.3, -0.25) is 0 Å². The van der Waals surface area contributed by atoms with E-state index in [1.54, 1.807) is 18.2 Å². The number of halogens is 3. The number of aromatic nitrogens is 2. The summed E-state index contributed by atoms with van der Waals surface area (Å²) >= 11 is 1.76. The van der Waals surface area contributed by atoms with Gasteiger partial charge in [0.25, 0.3) is 0 Å². The number of fused-ring (bicyclic) bond motifs is 1. The number of alkyl halides is 3. The highest BCUT2D eigenvalue weighted by Gasteiger charge is 2.32. The molecule has 148 valence electrons. The molecule has 30 heavy (non-hydrogen) atoms. The fourth-order valence-corrected chi connectivity index (χ4v) is 4.30. The highest BCUT2D eigenvalue weighted by Crippen LogP contribution is 2.50. The SMILES string of the molecule is N#CC(C(=O)Oc1cccc(OC(F)(F)F)c1)=C1Sc2nc(C#N)c(C#N)nc2S1. The molecule has 2 heterocycles. The van der Waals surface area contributed by atoms with Gasteiger partial charge in [-0.05, 0) is 12.1 Å². The minimum absolute atomic E-state index is 0.138. The van der Waals surface area contributed by atoms with Crippen molar-refractivity contribution in [2.45, 2.75) is 16.4 Å². The number of hydrogen-bond donors (Lipinski definition) is 0. The van der Waals surface area contributed by atoms with E-state index in [0.29, 0.717) is 0 Å². The number of rotatable bonds is 3. The lowest BCUT2D eigenvalue weighted by Crippen LogP contribution is -2.17. The molecule has 1 aromatic heterocycles. The lowest BCUT2D eigenvalue weighted by Gasteiger charge is -2.10. The molecule has 3 rings (SSSR count). The fourth-order valence-electron chi connectivity index (χ4n) is 2.06. The first-order valence-corrected chi connectivity index (χ1v) is 9.17. The smallest absolute Gasteiger partial charge is 0.422 e. The van der Waals surface area contributed by atoms with Crippen LogP contribution in [0, 0.1) is 34.0 Å². The van der Waals surface area contributed by atoms with E-state index in [4.69, 9.17) is 15.3 Å². The molecule has 13 heteroatoms. The first kappa shape index (κ1) is 21.0. The Morgan fingerprint density at radius 3 is 2.07 bits per heavy atom. The Balaban J connectivity index is 1.85. The number of esters is 1. The molecule has 1 aromatic carbocycles. The summed E-state index contributed by atoms with van der Waals surface area (Å²) in [5.74, 6) is -1.99. The predicted molar refractivity (Wildman–Crippen MR) is 94.6 cm³/mol. The molecule has 0 unspecified atom stereocenters. The second-order valence-corrected chi connectivity index (χ2v) is 7.40. The molecular weight excluding hydrogens is 443 g/mol. The van der Waals surface area contributed by atoms with Gasteiger partial charge >= 0.3 is 12.3 Å². The molecule has 0 spiro atoms. The number of benzene rings is 1. The number of carbonyl (C=O) groups excluding carboxylic acids is 1. The predicted octanol–water partition coefficient (Wildman–Crippen LogP) is 3.66. The number of hydrogen-bond acceptors (Lipinski definition) is 10. The number of ether oxygens (including phenoxy) is 2. The van der Waals surface area contributed by atoms with E-state index in [1.165, 1.54) is 12.1 Å². The van der Waals surface area contributed by atoms with Gasteiger partial charge < -0.3 is 9.47 Å². The molecular formula is C17H4F3N5O3S2. The van der Waals surface area contributed by atoms with Gasteiger partial charge in [0, 0.05) is 6.07 Å². The second-order valence-electron chi connectivity index (χ2n) is 5.15. The van der Waals surface area contributed by atoms with Crippen LogP contribution in [0.5, 0.6) is 11.5 Å². The number of carbonyl (C=O) groups is 1. The summed E-state index contributed by atoms with van der Waals surface area (Å²) in [6, 6.07) is 9.39. The standard InChI is InChI=1S/C17H4F3N5O3S2/c18-17(19,20)28-9-3-1-2-8(4-9)27-15(26)10(5-21)16-29-13-14(30-16)25-12(7-23)11(6-22)24-13/h1-4H. The summed E-state index contributed by atoms with van der Waals surface area (Å²) in [4.78, 5) is 20.3. The van der Waals surface area contributed by atoms with Gasteiger partial charge in [-0.1, -0.05) is 29.6 Å². The molecule has 0 saturated carbocycles. The van der Waals surface area contributed by atoms with Crippen LogP contribution < -0.4 is 9.47 Å². The molecule has 2 aromatic rings. The Morgan fingerprint density at radius 2 is 1.57 bits per heavy atom. The summed E-state index contributed by atoms with van der Waals surface area (Å²) in [7, 11) is 0. The van der Waals surface area contributed by atoms with Gasteiger partial charge in [-0.25, -0.2) is 14.8 Å². The molecule has 0 radical (unpaired) electrons. The van der Waals surface area contributed by atoms with Crippen LogP contribution in [0.3, 0.4) is 0 Å². The van der Waals surface area contributed by atoms with Crippen LogP contribution in [0.25, 0.3) is 0 Å². The van der Waals surface area contributed by atoms with Crippen molar-refractivity contribution in [3.8, 4) is 29.7 Å². The highest BCUT2D eigenvalue weighted by atomic mass is 32.2. The zero-order valence-electron chi connectivity index (χ0n) is 14.2. The van der Waals surface area contributed by atoms with Crippen molar-refractivity contribution in [3.05, 3.63) is 45.5 Å². The van der Waals surface area contributed by atoms with Crippen molar-refractivity contribution in [1.29, 1.82) is 15.8 Å². The van der Waals surface area contributed by atoms with E-state index < -0.39 is 23.7 Å². The van der Waals surface area contributed by atoms with E-state index >= 15 is 0 Å². The number of thioether (sulfide) groups is 2. The average molecular weight is 447 g/mol. The van der Waals surface area contributed by atoms with Gasteiger partial charge in [0.1, 0.15) is 39.8 Å². The Kier molecular flexibility index (Phi) is 5.83. The molecule has 0 saturated heterocycles. The van der Waals surface area contributed by atoms with Gasteiger partial charge in [0.05, 0.1) is 4.24 Å². The first-order chi connectivity index (χ1) is 14.2. The summed E-state index contributed by atoms with van der Waals surface area (Å²) < 4.78 is 45.8. The second kappa shape index (κ2) is 8.33. The van der Waals surface area contributed by atoms with Crippen molar-refractivity contribution < 1.29 is 27.4 Å². The van der Waals surface area contributed by atoms with E-state index in [1.807, 2.05) is 0 Å². The molecule has 0 fully saturated rings. The minimum atomic E-state index is -4.92. The molecule has 1 aliphatic heterocycles. The quantitative estimate of drug-likeness (QED) is 0.297. The van der Waals surface area contributed by atoms with Crippen LogP contribution in [-0.2, 0) is 4.79 Å². The fraction of sp³-hybridized carbons (Fsp3) is 0.0588. The summed E-state index contributed by atoms with van der Waals surface area (Å²) in [5, 5.41) is 27.8. The summed E-state index contributed by atoms with van der Waals surface area (Å²) in [6.07, 6.45) is -4.92. The van der Waals surface area contributed by atoms with Crippen molar-refractivity contribution in [1.82, 2.24) is 9.97 Å². The van der Waals surface area contributed by atoms with Crippen molar-refractivity contribution in [3.63, 3.8) is 0 Å². The van der Waals surface area contributed by atoms with Gasteiger partial charge in [0.2, 0.25) is 0 Å². The van der Waals surface area contributed by atoms with Crippen LogP contribution in [-0.4, -0.2) is 22.3 Å². The number of nitriles is 3. The molecule has 0 amide bonds. The molecule has 8 nitrogen and oxygen atoms in total. The van der Waals surface area contributed by atoms with Crippen LogP contribution in [0.15, 0.2) is 44.1 Å². The van der Waals surface area contributed by atoms with Crippen LogP contribution >= 0.6 is 23.5 Å². The monoisotopic (exact) mass is 447 g/mol. The summed E-state index contributed by atoms with van der Waals surface area (Å²) in [5.41, 5.74) is -0.842. The van der Waals surface area contributed by atoms with E-state index in [0.717, 1.165) is 35.7 Å². The van der Waals surface area contributed by atoms with E-state index in [2.05, 4.69) is 14.7 Å². The maximum absolute atomic E-state index is 12.4. The molecule has 1 aliphatic rings. The Morgan fingerprint density at radius 1 is 1.00 bits per heavy atom. The Hall–Kier alpha value is -3.73. The largest absolute Gasteiger partial charge is 0.573 e. The maximum Gasteiger partial charge on any atom is 0.573 e. The van der Waals surface area contributed by atoms with Gasteiger partial charge in [-0.15, -0.1) is 13.2 Å². The van der Waals surface area contributed by atoms with Crippen LogP contribution in [0.2, 0.25) is 0 Å². The topological polar surface area (TPSA) is 133 Å². The van der Waals surface area contributed by atoms with Crippen molar-refractivity contribution in [2.24, 2.45) is 0 Å². The van der Waals surface area contributed by atoms with Crippen LogP contribution in [0.1, 0.15) is 11.4 Å². The molecule has 0 bridgehead atoms. The molecule has 0 N–H and O–H groups in total. The lowest BCUT2D eigenvalue weighted by atomic mass is 10.3. The Labute approximate surface area is 174 Å². The zero-order valence-corrected chi connectivity index (χ0v) is 15.9.